The first-order valence-corrected chi connectivity index (χ1v) is 5.47. The number of aliphatic hydroxyl groups excluding tert-OH is 1. The highest BCUT2D eigenvalue weighted by molar-refractivity contribution is 6.30. The molecule has 1 rings (SSSR count). The maximum absolute atomic E-state index is 8.53. The molecule has 1 aromatic carbocycles. The third-order valence-electron chi connectivity index (χ3n) is 1.99. The summed E-state index contributed by atoms with van der Waals surface area (Å²) in [5, 5.41) is 15.7. The molecule has 0 radical (unpaired) electrons. The summed E-state index contributed by atoms with van der Waals surface area (Å²) in [6.07, 6.45) is 0. The molecule has 0 amide bonds. The number of nitrogens with one attached hydrogen (secondary N) is 2. The van der Waals surface area contributed by atoms with Gasteiger partial charge in [0.05, 0.1) is 6.61 Å². The quantitative estimate of drug-likeness (QED) is 0.674. The highest BCUT2D eigenvalue weighted by Gasteiger charge is 1.93. The highest BCUT2D eigenvalue weighted by Crippen LogP contribution is 2.09. The van der Waals surface area contributed by atoms with Crippen molar-refractivity contribution in [2.24, 2.45) is 0 Å². The predicted molar refractivity (Wildman–Crippen MR) is 77.6 cm³/mol. The number of aliphatic hydroxyl groups is 1. The van der Waals surface area contributed by atoms with Crippen LogP contribution < -0.4 is 10.6 Å². The first kappa shape index (κ1) is 19.3. The molecule has 0 spiro atoms. The fourth-order valence-corrected chi connectivity index (χ4v) is 1.47. The largest absolute Gasteiger partial charge is 0.395 e. The van der Waals surface area contributed by atoms with Gasteiger partial charge in [-0.05, 0) is 17.7 Å². The second-order valence-electron chi connectivity index (χ2n) is 3.28. The molecule has 3 nitrogen and oxygen atoms in total. The lowest BCUT2D eigenvalue weighted by Gasteiger charge is -2.05. The molecule has 17 heavy (non-hydrogen) atoms. The smallest absolute Gasteiger partial charge is 0.0555 e. The first-order chi connectivity index (χ1) is 7.33. The summed E-state index contributed by atoms with van der Waals surface area (Å²) in [5.41, 5.74) is 1.18. The Hall–Kier alpha value is -0.0300. The van der Waals surface area contributed by atoms with Crippen molar-refractivity contribution in [3.05, 3.63) is 34.9 Å². The SMILES string of the molecule is Cl.Cl.OCCNCCNCc1cccc(Cl)c1. The van der Waals surface area contributed by atoms with Crippen LogP contribution in [0.5, 0.6) is 0 Å². The predicted octanol–water partition coefficient (Wildman–Crippen LogP) is 1.86. The molecule has 0 aromatic heterocycles. The van der Waals surface area contributed by atoms with E-state index in [-0.39, 0.29) is 31.4 Å². The van der Waals surface area contributed by atoms with E-state index in [4.69, 9.17) is 16.7 Å². The Balaban J connectivity index is 0. The molecule has 0 aliphatic rings. The van der Waals surface area contributed by atoms with Crippen LogP contribution in [-0.2, 0) is 6.54 Å². The van der Waals surface area contributed by atoms with Gasteiger partial charge in [0.15, 0.2) is 0 Å². The minimum absolute atomic E-state index is 0. The van der Waals surface area contributed by atoms with Crippen molar-refractivity contribution in [3.8, 4) is 0 Å². The van der Waals surface area contributed by atoms with Crippen molar-refractivity contribution in [2.75, 3.05) is 26.2 Å². The molecule has 0 bridgehead atoms. The van der Waals surface area contributed by atoms with E-state index in [1.54, 1.807) is 0 Å². The van der Waals surface area contributed by atoms with E-state index in [0.717, 1.165) is 24.7 Å². The molecule has 0 heterocycles. The number of benzene rings is 1. The summed E-state index contributed by atoms with van der Waals surface area (Å²) in [6.45, 7) is 3.40. The zero-order chi connectivity index (χ0) is 10.9. The molecule has 0 atom stereocenters. The van der Waals surface area contributed by atoms with Crippen LogP contribution in [0, 0.1) is 0 Å². The minimum Gasteiger partial charge on any atom is -0.395 e. The monoisotopic (exact) mass is 300 g/mol. The Morgan fingerprint density at radius 1 is 1.06 bits per heavy atom. The summed E-state index contributed by atoms with van der Waals surface area (Å²) >= 11 is 5.86. The number of rotatable bonds is 7. The van der Waals surface area contributed by atoms with E-state index in [2.05, 4.69) is 10.6 Å². The molecule has 0 saturated heterocycles. The van der Waals surface area contributed by atoms with Crippen molar-refractivity contribution < 1.29 is 5.11 Å². The summed E-state index contributed by atoms with van der Waals surface area (Å²) in [5.74, 6) is 0. The van der Waals surface area contributed by atoms with Gasteiger partial charge in [-0.2, -0.15) is 0 Å². The van der Waals surface area contributed by atoms with Crippen molar-refractivity contribution in [3.63, 3.8) is 0 Å². The van der Waals surface area contributed by atoms with Gasteiger partial charge < -0.3 is 15.7 Å². The summed E-state index contributed by atoms with van der Waals surface area (Å²) in [6, 6.07) is 7.81. The van der Waals surface area contributed by atoms with Crippen molar-refractivity contribution in [1.29, 1.82) is 0 Å². The standard InChI is InChI=1S/C11H17ClN2O.2ClH/c12-11-3-1-2-10(8-11)9-14-5-4-13-6-7-15;;/h1-3,8,13-15H,4-7,9H2;2*1H. The number of hydrogen-bond donors (Lipinski definition) is 3. The van der Waals surface area contributed by atoms with Crippen molar-refractivity contribution in [2.45, 2.75) is 6.54 Å². The van der Waals surface area contributed by atoms with Crippen LogP contribution in [0.2, 0.25) is 5.02 Å². The van der Waals surface area contributed by atoms with E-state index < -0.39 is 0 Å². The van der Waals surface area contributed by atoms with Gasteiger partial charge in [-0.1, -0.05) is 23.7 Å². The Labute approximate surface area is 120 Å². The van der Waals surface area contributed by atoms with E-state index in [9.17, 15) is 0 Å². The maximum atomic E-state index is 8.53. The fourth-order valence-electron chi connectivity index (χ4n) is 1.26. The second kappa shape index (κ2) is 12.4. The summed E-state index contributed by atoms with van der Waals surface area (Å²) in [4.78, 5) is 0. The average Bonchev–Trinajstić information content (AvgIpc) is 2.23. The molecule has 0 saturated carbocycles. The molecule has 1 aromatic rings. The molecule has 0 aliphatic heterocycles. The van der Waals surface area contributed by atoms with E-state index in [0.29, 0.717) is 6.54 Å². The second-order valence-corrected chi connectivity index (χ2v) is 3.72. The molecule has 100 valence electrons. The summed E-state index contributed by atoms with van der Waals surface area (Å²) < 4.78 is 0. The lowest BCUT2D eigenvalue weighted by molar-refractivity contribution is 0.292. The average molecular weight is 302 g/mol. The van der Waals surface area contributed by atoms with Gasteiger partial charge in [-0.15, -0.1) is 24.8 Å². The van der Waals surface area contributed by atoms with Gasteiger partial charge in [-0.3, -0.25) is 0 Å². The Morgan fingerprint density at radius 3 is 2.41 bits per heavy atom. The maximum Gasteiger partial charge on any atom is 0.0555 e. The van der Waals surface area contributed by atoms with Gasteiger partial charge in [-0.25, -0.2) is 0 Å². The van der Waals surface area contributed by atoms with Gasteiger partial charge in [0, 0.05) is 31.2 Å². The zero-order valence-electron chi connectivity index (χ0n) is 9.49. The van der Waals surface area contributed by atoms with Crippen LogP contribution in [0.1, 0.15) is 5.56 Å². The summed E-state index contributed by atoms with van der Waals surface area (Å²) in [7, 11) is 0. The van der Waals surface area contributed by atoms with Gasteiger partial charge in [0.2, 0.25) is 0 Å². The topological polar surface area (TPSA) is 44.3 Å². The Kier molecular flexibility index (Phi) is 14.1. The van der Waals surface area contributed by atoms with E-state index in [1.807, 2.05) is 24.3 Å². The molecule has 6 heteroatoms. The third kappa shape index (κ3) is 9.65. The minimum atomic E-state index is 0. The van der Waals surface area contributed by atoms with Crippen LogP contribution in [0.15, 0.2) is 24.3 Å². The molecule has 0 unspecified atom stereocenters. The van der Waals surface area contributed by atoms with Gasteiger partial charge in [0.1, 0.15) is 0 Å². The number of hydrogen-bond acceptors (Lipinski definition) is 3. The molecular formula is C11H19Cl3N2O. The fraction of sp³-hybridized carbons (Fsp3) is 0.455. The van der Waals surface area contributed by atoms with Crippen LogP contribution >= 0.6 is 36.4 Å². The van der Waals surface area contributed by atoms with E-state index >= 15 is 0 Å². The van der Waals surface area contributed by atoms with Gasteiger partial charge in [0.25, 0.3) is 0 Å². The Bertz CT molecular complexity index is 287. The molecule has 3 N–H and O–H groups in total. The van der Waals surface area contributed by atoms with Crippen LogP contribution in [0.4, 0.5) is 0 Å². The molecule has 0 fully saturated rings. The van der Waals surface area contributed by atoms with Gasteiger partial charge >= 0.3 is 0 Å². The van der Waals surface area contributed by atoms with Crippen LogP contribution in [-0.4, -0.2) is 31.3 Å². The normalized spacial score (nSPS) is 9.29. The number of halogens is 3. The molecule has 0 aliphatic carbocycles. The van der Waals surface area contributed by atoms with Crippen LogP contribution in [0.25, 0.3) is 0 Å². The highest BCUT2D eigenvalue weighted by atomic mass is 35.5. The van der Waals surface area contributed by atoms with Crippen molar-refractivity contribution >= 4 is 36.4 Å². The lowest BCUT2D eigenvalue weighted by atomic mass is 10.2. The lowest BCUT2D eigenvalue weighted by Crippen LogP contribution is -2.28. The third-order valence-corrected chi connectivity index (χ3v) is 2.22. The first-order valence-electron chi connectivity index (χ1n) is 5.09. The zero-order valence-corrected chi connectivity index (χ0v) is 11.9. The van der Waals surface area contributed by atoms with E-state index in [1.165, 1.54) is 5.56 Å². The van der Waals surface area contributed by atoms with Crippen LogP contribution in [0.3, 0.4) is 0 Å². The molecular weight excluding hydrogens is 282 g/mol. The van der Waals surface area contributed by atoms with Crippen molar-refractivity contribution in [1.82, 2.24) is 10.6 Å². The Morgan fingerprint density at radius 2 is 1.76 bits per heavy atom.